The van der Waals surface area contributed by atoms with Crippen LogP contribution in [0, 0.1) is 11.2 Å². The Morgan fingerprint density at radius 1 is 1.21 bits per heavy atom. The minimum absolute atomic E-state index is 0.0416. The molecule has 0 radical (unpaired) electrons. The minimum atomic E-state index is -5.34. The molecule has 0 aromatic heterocycles. The number of nitrogens with one attached hydrogen (secondary N) is 1. The van der Waals surface area contributed by atoms with Crippen LogP contribution in [0.3, 0.4) is 0 Å². The van der Waals surface area contributed by atoms with Crippen molar-refractivity contribution in [2.45, 2.75) is 57.3 Å². The molecule has 1 fully saturated rings. The van der Waals surface area contributed by atoms with Crippen molar-refractivity contribution in [1.29, 1.82) is 0 Å². The summed E-state index contributed by atoms with van der Waals surface area (Å²) in [6, 6.07) is 4.51. The third kappa shape index (κ3) is 3.84. The van der Waals surface area contributed by atoms with Crippen LogP contribution in [0.1, 0.15) is 49.9 Å². The Labute approximate surface area is 187 Å². The van der Waals surface area contributed by atoms with E-state index in [4.69, 9.17) is 4.74 Å². The Hall–Kier alpha value is -2.75. The zero-order chi connectivity index (χ0) is 24.2. The Balaban J connectivity index is 1.85. The van der Waals surface area contributed by atoms with Gasteiger partial charge < -0.3 is 15.0 Å². The lowest BCUT2D eigenvalue weighted by molar-refractivity contribution is -0.191. The fourth-order valence-corrected chi connectivity index (χ4v) is 4.89. The zero-order valence-corrected chi connectivity index (χ0v) is 18.2. The first kappa shape index (κ1) is 23.4. The molecule has 10 heteroatoms. The summed E-state index contributed by atoms with van der Waals surface area (Å²) in [6.07, 6.45) is -4.73. The Morgan fingerprint density at radius 3 is 2.52 bits per heavy atom. The number of carbonyl (C=O) groups is 3. The molecule has 1 aliphatic carbocycles. The molecular weight excluding hydrogens is 444 g/mol. The molecule has 2 aliphatic heterocycles. The fourth-order valence-electron chi connectivity index (χ4n) is 4.89. The maximum absolute atomic E-state index is 14.7. The molecule has 0 saturated carbocycles. The second-order valence-electron chi connectivity index (χ2n) is 9.50. The highest BCUT2D eigenvalue weighted by Gasteiger charge is 2.71. The molecule has 1 aromatic rings. The van der Waals surface area contributed by atoms with E-state index in [2.05, 4.69) is 0 Å². The average Bonchev–Trinajstić information content (AvgIpc) is 3.28. The Morgan fingerprint density at radius 2 is 1.91 bits per heavy atom. The molecule has 0 unspecified atom stereocenters. The quantitative estimate of drug-likeness (QED) is 0.687. The fraction of sp³-hybridized carbons (Fsp3) is 0.522. The standard InChI is InChI=1S/C23H24F4N2O4/c1-21(2)10-16-18(17(30)11-21)22(23(25,26)27,20(32)29(16)12-13-6-5-9-33-13)28-19(31)14-7-3-4-8-15(14)24/h3-4,7-8,13H,5-6,9-12H2,1-2H3,(H,28,31)/t13-,22+/m1/s1. The molecule has 4 rings (SSSR count). The first-order valence-corrected chi connectivity index (χ1v) is 10.7. The number of ether oxygens (including phenoxy) is 1. The van der Waals surface area contributed by atoms with Gasteiger partial charge >= 0.3 is 6.18 Å². The van der Waals surface area contributed by atoms with E-state index in [1.54, 1.807) is 19.2 Å². The molecule has 3 aliphatic rings. The van der Waals surface area contributed by atoms with Gasteiger partial charge in [-0.3, -0.25) is 14.4 Å². The predicted octanol–water partition coefficient (Wildman–Crippen LogP) is 3.52. The van der Waals surface area contributed by atoms with Crippen LogP contribution >= 0.6 is 0 Å². The monoisotopic (exact) mass is 468 g/mol. The van der Waals surface area contributed by atoms with Crippen LogP contribution in [0.4, 0.5) is 17.6 Å². The van der Waals surface area contributed by atoms with Gasteiger partial charge in [-0.15, -0.1) is 0 Å². The van der Waals surface area contributed by atoms with Crippen LogP contribution in [0.25, 0.3) is 0 Å². The van der Waals surface area contributed by atoms with Crippen molar-refractivity contribution < 1.29 is 36.7 Å². The van der Waals surface area contributed by atoms with E-state index in [0.717, 1.165) is 17.0 Å². The van der Waals surface area contributed by atoms with Gasteiger partial charge in [0, 0.05) is 18.7 Å². The van der Waals surface area contributed by atoms with Crippen molar-refractivity contribution in [3.8, 4) is 0 Å². The number of allylic oxidation sites excluding steroid dienone is 1. The number of halogens is 4. The molecule has 1 aromatic carbocycles. The molecular formula is C23H24F4N2O4. The SMILES string of the molecule is CC1(C)CC(=O)C2=C(C1)N(C[C@H]1CCCO1)C(=O)[C@]2(NC(=O)c1ccccc1F)C(F)(F)F. The number of hydrogen-bond acceptors (Lipinski definition) is 4. The normalized spacial score (nSPS) is 27.2. The van der Waals surface area contributed by atoms with E-state index in [9.17, 15) is 31.9 Å². The van der Waals surface area contributed by atoms with E-state index in [1.807, 2.05) is 0 Å². The number of amides is 2. The summed E-state index contributed by atoms with van der Waals surface area (Å²) < 4.78 is 63.8. The van der Waals surface area contributed by atoms with Crippen molar-refractivity contribution in [3.05, 3.63) is 46.9 Å². The van der Waals surface area contributed by atoms with E-state index in [0.29, 0.717) is 19.4 Å². The van der Waals surface area contributed by atoms with Crippen LogP contribution in [0.15, 0.2) is 35.5 Å². The molecule has 1 saturated heterocycles. The largest absolute Gasteiger partial charge is 0.425 e. The summed E-state index contributed by atoms with van der Waals surface area (Å²) in [5.41, 5.74) is -5.75. The third-order valence-electron chi connectivity index (χ3n) is 6.37. The molecule has 0 spiro atoms. The first-order chi connectivity index (χ1) is 15.4. The molecule has 33 heavy (non-hydrogen) atoms. The van der Waals surface area contributed by atoms with E-state index < -0.39 is 57.8 Å². The maximum Gasteiger partial charge on any atom is 0.425 e. The third-order valence-corrected chi connectivity index (χ3v) is 6.37. The van der Waals surface area contributed by atoms with Crippen molar-refractivity contribution in [2.24, 2.45) is 5.41 Å². The van der Waals surface area contributed by atoms with Gasteiger partial charge in [0.15, 0.2) is 5.78 Å². The molecule has 1 N–H and O–H groups in total. The second-order valence-corrected chi connectivity index (χ2v) is 9.50. The lowest BCUT2D eigenvalue weighted by Gasteiger charge is -2.35. The topological polar surface area (TPSA) is 75.7 Å². The van der Waals surface area contributed by atoms with Gasteiger partial charge in [0.1, 0.15) is 5.82 Å². The van der Waals surface area contributed by atoms with Gasteiger partial charge in [-0.2, -0.15) is 13.2 Å². The minimum Gasteiger partial charge on any atom is -0.376 e. The molecule has 2 heterocycles. The summed E-state index contributed by atoms with van der Waals surface area (Å²) >= 11 is 0. The molecule has 2 amide bonds. The number of ketones is 1. The number of Topliss-reactive ketones (excluding diaryl/α,β-unsaturated/α-hetero) is 1. The number of rotatable bonds is 4. The van der Waals surface area contributed by atoms with E-state index in [1.165, 1.54) is 12.1 Å². The summed E-state index contributed by atoms with van der Waals surface area (Å²) in [7, 11) is 0. The predicted molar refractivity (Wildman–Crippen MR) is 108 cm³/mol. The average molecular weight is 468 g/mol. The van der Waals surface area contributed by atoms with Gasteiger partial charge in [0.25, 0.3) is 11.8 Å². The Kier molecular flexibility index (Phi) is 5.63. The highest BCUT2D eigenvalue weighted by molar-refractivity contribution is 6.14. The molecule has 178 valence electrons. The number of benzene rings is 1. The van der Waals surface area contributed by atoms with Crippen molar-refractivity contribution in [2.75, 3.05) is 13.2 Å². The zero-order valence-electron chi connectivity index (χ0n) is 18.2. The van der Waals surface area contributed by atoms with Crippen LogP contribution in [0.2, 0.25) is 0 Å². The van der Waals surface area contributed by atoms with Crippen LogP contribution < -0.4 is 5.32 Å². The Bertz CT molecular complexity index is 1040. The molecule has 6 nitrogen and oxygen atoms in total. The van der Waals surface area contributed by atoms with Crippen LogP contribution in [0.5, 0.6) is 0 Å². The summed E-state index contributed by atoms with van der Waals surface area (Å²) in [4.78, 5) is 40.3. The lowest BCUT2D eigenvalue weighted by atomic mass is 9.72. The smallest absolute Gasteiger partial charge is 0.376 e. The number of carbonyl (C=O) groups excluding carboxylic acids is 3. The first-order valence-electron chi connectivity index (χ1n) is 10.7. The number of alkyl halides is 3. The molecule has 2 atom stereocenters. The highest BCUT2D eigenvalue weighted by atomic mass is 19.4. The van der Waals surface area contributed by atoms with Crippen molar-refractivity contribution in [1.82, 2.24) is 10.2 Å². The van der Waals surface area contributed by atoms with Crippen LogP contribution in [-0.2, 0) is 14.3 Å². The molecule has 0 bridgehead atoms. The summed E-state index contributed by atoms with van der Waals surface area (Å²) in [5.74, 6) is -4.80. The number of hydrogen-bond donors (Lipinski definition) is 1. The lowest BCUT2D eigenvalue weighted by Crippen LogP contribution is -2.66. The summed E-state index contributed by atoms with van der Waals surface area (Å²) in [5, 5.41) is 1.74. The summed E-state index contributed by atoms with van der Waals surface area (Å²) in [6.45, 7) is 3.73. The van der Waals surface area contributed by atoms with E-state index >= 15 is 0 Å². The van der Waals surface area contributed by atoms with Crippen LogP contribution in [-0.4, -0.2) is 53.5 Å². The van der Waals surface area contributed by atoms with Gasteiger partial charge in [0.2, 0.25) is 5.54 Å². The maximum atomic E-state index is 14.7. The number of nitrogens with zero attached hydrogens (tertiary/aromatic N) is 1. The van der Waals surface area contributed by atoms with E-state index in [-0.39, 0.29) is 25.1 Å². The second kappa shape index (κ2) is 7.93. The van der Waals surface area contributed by atoms with Gasteiger partial charge in [-0.05, 0) is 36.8 Å². The van der Waals surface area contributed by atoms with Gasteiger partial charge in [-0.25, -0.2) is 4.39 Å². The highest BCUT2D eigenvalue weighted by Crippen LogP contribution is 2.52. The van der Waals surface area contributed by atoms with Gasteiger partial charge in [0.05, 0.1) is 23.8 Å². The van der Waals surface area contributed by atoms with Crippen molar-refractivity contribution >= 4 is 17.6 Å². The van der Waals surface area contributed by atoms with Gasteiger partial charge in [-0.1, -0.05) is 26.0 Å². The van der Waals surface area contributed by atoms with Crippen molar-refractivity contribution in [3.63, 3.8) is 0 Å².